The van der Waals surface area contributed by atoms with Crippen LogP contribution in [0.2, 0.25) is 0 Å². The minimum Gasteiger partial charge on any atom is -0.468 e. The fourth-order valence-corrected chi connectivity index (χ4v) is 2.77. The Kier molecular flexibility index (Phi) is 4.11. The molecule has 0 bridgehead atoms. The number of methoxy groups -OCH3 is 2. The van der Waals surface area contributed by atoms with Crippen LogP contribution in [0.25, 0.3) is 0 Å². The third-order valence-corrected chi connectivity index (χ3v) is 3.88. The first-order valence-electron chi connectivity index (χ1n) is 5.55. The highest BCUT2D eigenvalue weighted by atomic mass is 32.2. The molecule has 1 aliphatic heterocycles. The maximum absolute atomic E-state index is 11.8. The number of ether oxygens (including phenoxy) is 2. The largest absolute Gasteiger partial charge is 0.468 e. The molecule has 0 radical (unpaired) electrons. The number of carbonyl (C=O) groups excluding carboxylic acids is 2. The van der Waals surface area contributed by atoms with Gasteiger partial charge in [0.25, 0.3) is 0 Å². The molecule has 0 spiro atoms. The van der Waals surface area contributed by atoms with Crippen LogP contribution >= 0.6 is 11.8 Å². The molecule has 0 fully saturated rings. The van der Waals surface area contributed by atoms with Crippen molar-refractivity contribution in [2.75, 3.05) is 19.5 Å². The number of rotatable bonds is 2. The number of thioether (sulfide) groups is 1. The molecule has 0 aliphatic carbocycles. The molecule has 0 saturated heterocycles. The van der Waals surface area contributed by atoms with Gasteiger partial charge >= 0.3 is 11.9 Å². The van der Waals surface area contributed by atoms with Crippen LogP contribution in [-0.4, -0.2) is 31.4 Å². The highest BCUT2D eigenvalue weighted by molar-refractivity contribution is 8.01. The first-order chi connectivity index (χ1) is 9.15. The van der Waals surface area contributed by atoms with E-state index in [0.717, 1.165) is 10.6 Å². The third-order valence-electron chi connectivity index (χ3n) is 2.58. The second kappa shape index (κ2) is 5.79. The summed E-state index contributed by atoms with van der Waals surface area (Å²) >= 11 is 1.34. The second-order valence-electron chi connectivity index (χ2n) is 3.77. The number of para-hydroxylation sites is 1. The van der Waals surface area contributed by atoms with Crippen LogP contribution in [0.5, 0.6) is 0 Å². The fraction of sp³-hybridized carbons (Fsp3) is 0.231. The second-order valence-corrected chi connectivity index (χ2v) is 4.91. The topological polar surface area (TPSA) is 64.6 Å². The Morgan fingerprint density at radius 2 is 2.00 bits per heavy atom. The van der Waals surface area contributed by atoms with E-state index in [1.165, 1.54) is 32.1 Å². The Morgan fingerprint density at radius 1 is 1.26 bits per heavy atom. The number of carbonyl (C=O) groups is 2. The van der Waals surface area contributed by atoms with Crippen molar-refractivity contribution in [3.8, 4) is 0 Å². The molecule has 1 atom stereocenters. The molecule has 5 nitrogen and oxygen atoms in total. The van der Waals surface area contributed by atoms with Crippen LogP contribution in [-0.2, 0) is 19.1 Å². The van der Waals surface area contributed by atoms with E-state index in [4.69, 9.17) is 4.74 Å². The normalized spacial score (nSPS) is 19.3. The number of benzene rings is 1. The zero-order valence-electron chi connectivity index (χ0n) is 10.5. The Bertz CT molecular complexity index is 541. The van der Waals surface area contributed by atoms with Gasteiger partial charge < -0.3 is 14.8 Å². The predicted octanol–water partition coefficient (Wildman–Crippen LogP) is 1.80. The van der Waals surface area contributed by atoms with E-state index in [-0.39, 0.29) is 0 Å². The number of anilines is 1. The SMILES string of the molecule is COC(=O)/C=C1\Nc2ccccc2S[C@H]1C(=O)OC. The van der Waals surface area contributed by atoms with Gasteiger partial charge in [0, 0.05) is 16.7 Å². The summed E-state index contributed by atoms with van der Waals surface area (Å²) in [4.78, 5) is 24.1. The van der Waals surface area contributed by atoms with Crippen molar-refractivity contribution in [1.29, 1.82) is 0 Å². The van der Waals surface area contributed by atoms with Crippen LogP contribution < -0.4 is 5.32 Å². The number of esters is 2. The highest BCUT2D eigenvalue weighted by Gasteiger charge is 2.31. The van der Waals surface area contributed by atoms with E-state index in [0.29, 0.717) is 5.70 Å². The lowest BCUT2D eigenvalue weighted by molar-refractivity contribution is -0.139. The summed E-state index contributed by atoms with van der Waals surface area (Å²) in [6, 6.07) is 7.54. The molecule has 0 unspecified atom stereocenters. The number of fused-ring (bicyclic) bond motifs is 1. The van der Waals surface area contributed by atoms with E-state index >= 15 is 0 Å². The first-order valence-corrected chi connectivity index (χ1v) is 6.43. The lowest BCUT2D eigenvalue weighted by atomic mass is 10.2. The molecule has 0 amide bonds. The third kappa shape index (κ3) is 2.90. The van der Waals surface area contributed by atoms with Gasteiger partial charge in [0.15, 0.2) is 0 Å². The summed E-state index contributed by atoms with van der Waals surface area (Å²) in [5.41, 5.74) is 1.31. The molecule has 0 saturated carbocycles. The van der Waals surface area contributed by atoms with Crippen LogP contribution in [0.3, 0.4) is 0 Å². The van der Waals surface area contributed by atoms with Gasteiger partial charge in [-0.15, -0.1) is 11.8 Å². The van der Waals surface area contributed by atoms with Gasteiger partial charge in [-0.2, -0.15) is 0 Å². The number of nitrogens with one attached hydrogen (secondary N) is 1. The first kappa shape index (κ1) is 13.5. The molecule has 1 N–H and O–H groups in total. The highest BCUT2D eigenvalue weighted by Crippen LogP contribution is 2.39. The van der Waals surface area contributed by atoms with Gasteiger partial charge in [-0.3, -0.25) is 4.79 Å². The smallest absolute Gasteiger partial charge is 0.332 e. The van der Waals surface area contributed by atoms with Crippen molar-refractivity contribution in [1.82, 2.24) is 0 Å². The molecule has 2 rings (SSSR count). The minimum absolute atomic E-state index is 0.415. The Hall–Kier alpha value is -1.95. The number of hydrogen-bond donors (Lipinski definition) is 1. The van der Waals surface area contributed by atoms with Crippen molar-refractivity contribution >= 4 is 29.4 Å². The molecule has 19 heavy (non-hydrogen) atoms. The molecule has 1 aromatic rings. The van der Waals surface area contributed by atoms with Crippen LogP contribution in [0, 0.1) is 0 Å². The van der Waals surface area contributed by atoms with Crippen molar-refractivity contribution in [2.45, 2.75) is 10.1 Å². The van der Waals surface area contributed by atoms with Crippen LogP contribution in [0.4, 0.5) is 5.69 Å². The lowest BCUT2D eigenvalue weighted by Crippen LogP contribution is -2.29. The van der Waals surface area contributed by atoms with Crippen LogP contribution in [0.1, 0.15) is 0 Å². The van der Waals surface area contributed by atoms with E-state index in [9.17, 15) is 9.59 Å². The van der Waals surface area contributed by atoms with E-state index in [1.807, 2.05) is 24.3 Å². The Balaban J connectivity index is 2.37. The predicted molar refractivity (Wildman–Crippen MR) is 71.8 cm³/mol. The average Bonchev–Trinajstić information content (AvgIpc) is 2.45. The summed E-state index contributed by atoms with van der Waals surface area (Å²) in [6.45, 7) is 0. The van der Waals surface area contributed by atoms with E-state index in [2.05, 4.69) is 10.1 Å². The lowest BCUT2D eigenvalue weighted by Gasteiger charge is -2.26. The maximum atomic E-state index is 11.8. The summed E-state index contributed by atoms with van der Waals surface area (Å²) in [6.07, 6.45) is 1.27. The van der Waals surface area contributed by atoms with Crippen molar-refractivity contribution in [3.63, 3.8) is 0 Å². The molecule has 6 heteroatoms. The van der Waals surface area contributed by atoms with Gasteiger partial charge in [0.05, 0.1) is 19.9 Å². The maximum Gasteiger partial charge on any atom is 0.332 e. The Morgan fingerprint density at radius 3 is 2.68 bits per heavy atom. The zero-order chi connectivity index (χ0) is 13.8. The summed E-state index contributed by atoms with van der Waals surface area (Å²) in [5, 5.41) is 2.47. The van der Waals surface area contributed by atoms with E-state index < -0.39 is 17.2 Å². The van der Waals surface area contributed by atoms with Crippen LogP contribution in [0.15, 0.2) is 40.9 Å². The van der Waals surface area contributed by atoms with Gasteiger partial charge in [-0.25, -0.2) is 4.79 Å². The van der Waals surface area contributed by atoms with Crippen molar-refractivity contribution < 1.29 is 19.1 Å². The molecule has 100 valence electrons. The Labute approximate surface area is 115 Å². The molecule has 1 aliphatic rings. The van der Waals surface area contributed by atoms with Gasteiger partial charge in [-0.05, 0) is 12.1 Å². The molecule has 1 heterocycles. The number of hydrogen-bond acceptors (Lipinski definition) is 6. The molecule has 0 aromatic heterocycles. The molecular formula is C13H13NO4S. The minimum atomic E-state index is -0.598. The van der Waals surface area contributed by atoms with Gasteiger partial charge in [0.2, 0.25) is 0 Å². The van der Waals surface area contributed by atoms with Crippen molar-refractivity contribution in [2.24, 2.45) is 0 Å². The monoisotopic (exact) mass is 279 g/mol. The van der Waals surface area contributed by atoms with Gasteiger partial charge in [0.1, 0.15) is 5.25 Å². The van der Waals surface area contributed by atoms with Crippen molar-refractivity contribution in [3.05, 3.63) is 36.0 Å². The zero-order valence-corrected chi connectivity index (χ0v) is 11.3. The fourth-order valence-electron chi connectivity index (χ4n) is 1.66. The summed E-state index contributed by atoms with van der Waals surface area (Å²) in [5.74, 6) is -0.932. The average molecular weight is 279 g/mol. The summed E-state index contributed by atoms with van der Waals surface area (Å²) < 4.78 is 9.34. The molecule has 1 aromatic carbocycles. The van der Waals surface area contributed by atoms with Gasteiger partial charge in [-0.1, -0.05) is 12.1 Å². The van der Waals surface area contributed by atoms with E-state index in [1.54, 1.807) is 0 Å². The summed E-state index contributed by atoms with van der Waals surface area (Å²) in [7, 11) is 2.61. The molecular weight excluding hydrogens is 266 g/mol. The standard InChI is InChI=1S/C13H13NO4S/c1-17-11(15)7-9-12(13(16)18-2)19-10-6-4-3-5-8(10)14-9/h3-7,12,14H,1-2H3/b9-7-/t12-/m1/s1. The quantitative estimate of drug-likeness (QED) is 0.658.